The van der Waals surface area contributed by atoms with E-state index in [1.165, 1.54) is 4.88 Å². The van der Waals surface area contributed by atoms with Gasteiger partial charge in [0, 0.05) is 15.8 Å². The smallest absolute Gasteiger partial charge is 0.320 e. The lowest BCUT2D eigenvalue weighted by Crippen LogP contribution is -2.37. The molecule has 1 rings (SSSR count). The Kier molecular flexibility index (Phi) is 4.67. The van der Waals surface area contributed by atoms with Gasteiger partial charge in [0.15, 0.2) is 5.75 Å². The van der Waals surface area contributed by atoms with Crippen molar-refractivity contribution in [3.63, 3.8) is 0 Å². The molecule has 7 heteroatoms. The van der Waals surface area contributed by atoms with E-state index in [-0.39, 0.29) is 6.04 Å². The monoisotopic (exact) mass is 277 g/mol. The average molecular weight is 277 g/mol. The average Bonchev–Trinajstić information content (AvgIpc) is 2.46. The number of hydrogen-bond acceptors (Lipinski definition) is 4. The van der Waals surface area contributed by atoms with E-state index in [2.05, 4.69) is 4.72 Å². The molecular weight excluding hydrogens is 262 g/mol. The number of nitrogens with one attached hydrogen (secondary N) is 1. The van der Waals surface area contributed by atoms with Gasteiger partial charge in [0.25, 0.3) is 0 Å². The second-order valence-electron chi connectivity index (χ2n) is 3.89. The van der Waals surface area contributed by atoms with Crippen LogP contribution < -0.4 is 4.72 Å². The number of aliphatic carboxylic acids is 1. The van der Waals surface area contributed by atoms with Gasteiger partial charge in [-0.05, 0) is 32.4 Å². The van der Waals surface area contributed by atoms with Crippen molar-refractivity contribution in [1.82, 2.24) is 4.72 Å². The Morgan fingerprint density at radius 1 is 1.53 bits per heavy atom. The van der Waals surface area contributed by atoms with Gasteiger partial charge in [-0.1, -0.05) is 0 Å². The molecule has 0 aliphatic rings. The molecule has 0 radical (unpaired) electrons. The van der Waals surface area contributed by atoms with Crippen molar-refractivity contribution in [3.8, 4) is 0 Å². The lowest BCUT2D eigenvalue weighted by molar-refractivity contribution is -0.134. The van der Waals surface area contributed by atoms with E-state index in [1.807, 2.05) is 19.1 Å². The molecule has 2 N–H and O–H groups in total. The number of hydrogen-bond donors (Lipinski definition) is 2. The Morgan fingerprint density at radius 2 is 2.18 bits per heavy atom. The van der Waals surface area contributed by atoms with Gasteiger partial charge >= 0.3 is 5.97 Å². The molecule has 1 unspecified atom stereocenters. The van der Waals surface area contributed by atoms with Crippen molar-refractivity contribution in [2.24, 2.45) is 0 Å². The number of rotatable bonds is 6. The standard InChI is InChI=1S/C10H15NO4S2/c1-7(5-9-4-3-8(2)16-9)11-17(14,15)6-10(12)13/h3-4,7,11H,5-6H2,1-2H3,(H,12,13). The molecule has 0 bridgehead atoms. The van der Waals surface area contributed by atoms with Gasteiger partial charge < -0.3 is 5.11 Å². The third kappa shape index (κ3) is 5.29. The fraction of sp³-hybridized carbons (Fsp3) is 0.500. The van der Waals surface area contributed by atoms with Crippen LogP contribution in [-0.2, 0) is 21.2 Å². The van der Waals surface area contributed by atoms with Crippen molar-refractivity contribution in [3.05, 3.63) is 21.9 Å². The first-order valence-electron chi connectivity index (χ1n) is 5.05. The first-order chi connectivity index (χ1) is 7.78. The maximum Gasteiger partial charge on any atom is 0.320 e. The van der Waals surface area contributed by atoms with Gasteiger partial charge in [0.05, 0.1) is 0 Å². The summed E-state index contributed by atoms with van der Waals surface area (Å²) in [4.78, 5) is 12.6. The van der Waals surface area contributed by atoms with Crippen molar-refractivity contribution >= 4 is 27.3 Å². The Hall–Kier alpha value is -0.920. The van der Waals surface area contributed by atoms with Crippen molar-refractivity contribution in [2.45, 2.75) is 26.3 Å². The first kappa shape index (κ1) is 14.1. The first-order valence-corrected chi connectivity index (χ1v) is 7.52. The minimum atomic E-state index is -3.74. The van der Waals surface area contributed by atoms with Crippen molar-refractivity contribution in [1.29, 1.82) is 0 Å². The minimum Gasteiger partial charge on any atom is -0.480 e. The lowest BCUT2D eigenvalue weighted by Gasteiger charge is -2.11. The highest BCUT2D eigenvalue weighted by Crippen LogP contribution is 2.16. The molecule has 0 aliphatic heterocycles. The highest BCUT2D eigenvalue weighted by Gasteiger charge is 2.18. The van der Waals surface area contributed by atoms with Crippen LogP contribution in [0.25, 0.3) is 0 Å². The molecule has 5 nitrogen and oxygen atoms in total. The predicted molar refractivity (Wildman–Crippen MR) is 66.8 cm³/mol. The molecule has 0 saturated carbocycles. The number of carboxylic acids is 1. The fourth-order valence-electron chi connectivity index (χ4n) is 1.45. The summed E-state index contributed by atoms with van der Waals surface area (Å²) < 4.78 is 25.1. The summed E-state index contributed by atoms with van der Waals surface area (Å²) in [6.45, 7) is 3.70. The highest BCUT2D eigenvalue weighted by atomic mass is 32.2. The molecular formula is C10H15NO4S2. The third-order valence-corrected chi connectivity index (χ3v) is 4.41. The summed E-state index contributed by atoms with van der Waals surface area (Å²) in [5, 5.41) is 8.44. The zero-order valence-electron chi connectivity index (χ0n) is 9.63. The Balaban J connectivity index is 2.55. The maximum atomic E-state index is 11.4. The van der Waals surface area contributed by atoms with E-state index in [9.17, 15) is 13.2 Å². The molecule has 0 spiro atoms. The van der Waals surface area contributed by atoms with Gasteiger partial charge in [0.1, 0.15) is 0 Å². The molecule has 0 fully saturated rings. The van der Waals surface area contributed by atoms with Gasteiger partial charge in [-0.15, -0.1) is 11.3 Å². The normalized spacial score (nSPS) is 13.5. The summed E-state index contributed by atoms with van der Waals surface area (Å²) in [5.74, 6) is -2.24. The Morgan fingerprint density at radius 3 is 2.65 bits per heavy atom. The van der Waals surface area contributed by atoms with E-state index < -0.39 is 21.7 Å². The van der Waals surface area contributed by atoms with Crippen LogP contribution in [0.4, 0.5) is 0 Å². The molecule has 1 aromatic heterocycles. The van der Waals surface area contributed by atoms with E-state index in [4.69, 9.17) is 5.11 Å². The zero-order chi connectivity index (χ0) is 13.1. The van der Waals surface area contributed by atoms with Crippen LogP contribution in [0.5, 0.6) is 0 Å². The minimum absolute atomic E-state index is 0.308. The lowest BCUT2D eigenvalue weighted by atomic mass is 10.2. The van der Waals surface area contributed by atoms with E-state index in [0.717, 1.165) is 4.88 Å². The van der Waals surface area contributed by atoms with Crippen LogP contribution in [0, 0.1) is 6.92 Å². The molecule has 96 valence electrons. The van der Waals surface area contributed by atoms with Crippen molar-refractivity contribution in [2.75, 3.05) is 5.75 Å². The second-order valence-corrected chi connectivity index (χ2v) is 7.01. The van der Waals surface area contributed by atoms with Crippen LogP contribution in [0.2, 0.25) is 0 Å². The SMILES string of the molecule is Cc1ccc(CC(C)NS(=O)(=O)CC(=O)O)s1. The summed E-state index contributed by atoms with van der Waals surface area (Å²) >= 11 is 1.60. The maximum absolute atomic E-state index is 11.4. The number of carboxylic acid groups (broad SMARTS) is 1. The summed E-state index contributed by atoms with van der Waals surface area (Å²) in [5.41, 5.74) is 0. The molecule has 17 heavy (non-hydrogen) atoms. The Labute approximate surface area is 105 Å². The van der Waals surface area contributed by atoms with Crippen LogP contribution in [0.1, 0.15) is 16.7 Å². The molecule has 1 atom stereocenters. The highest BCUT2D eigenvalue weighted by molar-refractivity contribution is 7.90. The number of carbonyl (C=O) groups is 1. The number of thiophene rings is 1. The second kappa shape index (κ2) is 5.61. The van der Waals surface area contributed by atoms with Gasteiger partial charge in [0.2, 0.25) is 10.0 Å². The topological polar surface area (TPSA) is 83.5 Å². The molecule has 0 saturated heterocycles. The van der Waals surface area contributed by atoms with Crippen LogP contribution >= 0.6 is 11.3 Å². The third-order valence-electron chi connectivity index (χ3n) is 2.00. The van der Waals surface area contributed by atoms with Gasteiger partial charge in [-0.25, -0.2) is 13.1 Å². The number of aryl methyl sites for hydroxylation is 1. The zero-order valence-corrected chi connectivity index (χ0v) is 11.3. The molecule has 1 heterocycles. The molecule has 0 aromatic carbocycles. The summed E-state index contributed by atoms with van der Waals surface area (Å²) in [6, 6.07) is 3.61. The van der Waals surface area contributed by atoms with E-state index >= 15 is 0 Å². The predicted octanol–water partition coefficient (Wildman–Crippen LogP) is 0.992. The summed E-state index contributed by atoms with van der Waals surface area (Å²) in [6.07, 6.45) is 0.567. The molecule has 1 aromatic rings. The molecule has 0 amide bonds. The van der Waals surface area contributed by atoms with E-state index in [0.29, 0.717) is 6.42 Å². The quantitative estimate of drug-likeness (QED) is 0.812. The van der Waals surface area contributed by atoms with Gasteiger partial charge in [-0.3, -0.25) is 4.79 Å². The van der Waals surface area contributed by atoms with E-state index in [1.54, 1.807) is 18.3 Å². The Bertz CT molecular complexity index is 492. The number of sulfonamides is 1. The van der Waals surface area contributed by atoms with Crippen LogP contribution in [-0.4, -0.2) is 31.3 Å². The van der Waals surface area contributed by atoms with Crippen LogP contribution in [0.15, 0.2) is 12.1 Å². The largest absolute Gasteiger partial charge is 0.480 e. The van der Waals surface area contributed by atoms with Crippen LogP contribution in [0.3, 0.4) is 0 Å². The molecule has 0 aliphatic carbocycles. The fourth-order valence-corrected chi connectivity index (χ4v) is 3.57. The summed E-state index contributed by atoms with van der Waals surface area (Å²) in [7, 11) is -3.74. The van der Waals surface area contributed by atoms with Gasteiger partial charge in [-0.2, -0.15) is 0 Å². The van der Waals surface area contributed by atoms with Crippen molar-refractivity contribution < 1.29 is 18.3 Å².